The quantitative estimate of drug-likeness (QED) is 0.524. The summed E-state index contributed by atoms with van der Waals surface area (Å²) in [6.45, 7) is 1.98. The minimum Gasteiger partial charge on any atom is -0.612 e. The highest BCUT2D eigenvalue weighted by atomic mass is 32.2. The molecule has 0 aliphatic carbocycles. The van der Waals surface area contributed by atoms with Crippen molar-refractivity contribution in [3.63, 3.8) is 0 Å². The third kappa shape index (κ3) is 3.32. The molecule has 1 aromatic carbocycles. The summed E-state index contributed by atoms with van der Waals surface area (Å²) in [4.78, 5) is 10.3. The van der Waals surface area contributed by atoms with Crippen molar-refractivity contribution in [3.8, 4) is 33.6 Å². The first-order valence-electron chi connectivity index (χ1n) is 7.98. The maximum absolute atomic E-state index is 12.0. The van der Waals surface area contributed by atoms with Crippen LogP contribution in [0.25, 0.3) is 33.6 Å². The fraction of sp³-hybridized carbons (Fsp3) is 0.111. The molecule has 0 saturated heterocycles. The van der Waals surface area contributed by atoms with Crippen molar-refractivity contribution >= 4 is 28.3 Å². The second kappa shape index (κ2) is 7.10. The number of nitrogens with zero attached hydrogens (tertiary/aromatic N) is 4. The average Bonchev–Trinajstić information content (AvgIpc) is 3.31. The number of nitrogen functional groups attached to an aromatic ring is 1. The van der Waals surface area contributed by atoms with Crippen molar-refractivity contribution in [1.29, 1.82) is 0 Å². The molecule has 9 heteroatoms. The molecule has 4 rings (SSSR count). The molecule has 4 aromatic rings. The molecule has 0 spiro atoms. The topological polar surface area (TPSA) is 114 Å². The second-order valence-electron chi connectivity index (χ2n) is 5.78. The fourth-order valence-electron chi connectivity index (χ4n) is 2.62. The number of aryl methyl sites for hydroxylation is 1. The van der Waals surface area contributed by atoms with Crippen LogP contribution in [-0.4, -0.2) is 31.0 Å². The number of rotatable bonds is 4. The van der Waals surface area contributed by atoms with Crippen LogP contribution in [-0.2, 0) is 11.2 Å². The lowest BCUT2D eigenvalue weighted by molar-refractivity contribution is 0.583. The Labute approximate surface area is 162 Å². The van der Waals surface area contributed by atoms with E-state index < -0.39 is 11.2 Å². The molecule has 136 valence electrons. The largest absolute Gasteiger partial charge is 0.612 e. The molecule has 0 amide bonds. The van der Waals surface area contributed by atoms with Crippen molar-refractivity contribution in [2.45, 2.75) is 11.8 Å². The van der Waals surface area contributed by atoms with Gasteiger partial charge in [-0.3, -0.25) is 0 Å². The molecule has 0 fully saturated rings. The Kier molecular flexibility index (Phi) is 4.65. The van der Waals surface area contributed by atoms with Gasteiger partial charge in [0, 0.05) is 0 Å². The Morgan fingerprint density at radius 2 is 1.93 bits per heavy atom. The third-order valence-electron chi connectivity index (χ3n) is 3.96. The molecular formula is C18H15N5O2S2. The van der Waals surface area contributed by atoms with Crippen LogP contribution in [0.2, 0.25) is 0 Å². The summed E-state index contributed by atoms with van der Waals surface area (Å²) in [6.07, 6.45) is 3.17. The van der Waals surface area contributed by atoms with Crippen LogP contribution in [0.15, 0.2) is 51.2 Å². The monoisotopic (exact) mass is 397 g/mol. The Morgan fingerprint density at radius 3 is 2.67 bits per heavy atom. The zero-order chi connectivity index (χ0) is 19.0. The van der Waals surface area contributed by atoms with Gasteiger partial charge in [-0.15, -0.1) is 21.5 Å². The molecule has 0 radical (unpaired) electrons. The van der Waals surface area contributed by atoms with Crippen molar-refractivity contribution in [1.82, 2.24) is 20.2 Å². The molecule has 3 heterocycles. The molecule has 1 unspecified atom stereocenters. The van der Waals surface area contributed by atoms with Crippen molar-refractivity contribution in [3.05, 3.63) is 47.5 Å². The van der Waals surface area contributed by atoms with Crippen LogP contribution in [0.5, 0.6) is 0 Å². The lowest BCUT2D eigenvalue weighted by atomic mass is 10.1. The van der Waals surface area contributed by atoms with Gasteiger partial charge >= 0.3 is 0 Å². The highest BCUT2D eigenvalue weighted by molar-refractivity contribution is 7.90. The van der Waals surface area contributed by atoms with E-state index in [0.717, 1.165) is 16.0 Å². The number of thiophene rings is 1. The van der Waals surface area contributed by atoms with E-state index in [9.17, 15) is 4.55 Å². The minimum atomic E-state index is -1.17. The number of hydrogen-bond acceptors (Lipinski definition) is 8. The zero-order valence-corrected chi connectivity index (χ0v) is 16.2. The van der Waals surface area contributed by atoms with Gasteiger partial charge in [-0.2, -0.15) is 0 Å². The summed E-state index contributed by atoms with van der Waals surface area (Å²) in [5.41, 5.74) is 8.62. The Balaban J connectivity index is 1.79. The van der Waals surface area contributed by atoms with E-state index in [1.807, 2.05) is 36.6 Å². The molecule has 0 aliphatic rings. The highest BCUT2D eigenvalue weighted by Crippen LogP contribution is 2.32. The van der Waals surface area contributed by atoms with Gasteiger partial charge in [0.25, 0.3) is 11.8 Å². The van der Waals surface area contributed by atoms with Gasteiger partial charge in [-0.25, -0.2) is 9.97 Å². The second-order valence-corrected chi connectivity index (χ2v) is 8.05. The van der Waals surface area contributed by atoms with Crippen molar-refractivity contribution in [2.75, 3.05) is 12.0 Å². The summed E-state index contributed by atoms with van der Waals surface area (Å²) < 4.78 is 17.8. The summed E-state index contributed by atoms with van der Waals surface area (Å²) in [5.74, 6) is 0.797. The van der Waals surface area contributed by atoms with Crippen LogP contribution < -0.4 is 5.73 Å². The summed E-state index contributed by atoms with van der Waals surface area (Å²) >= 11 is 0.358. The first kappa shape index (κ1) is 17.7. The molecule has 27 heavy (non-hydrogen) atoms. The molecule has 1 atom stereocenters. The minimum absolute atomic E-state index is 0.187. The molecule has 7 nitrogen and oxygen atoms in total. The third-order valence-corrected chi connectivity index (χ3v) is 5.94. The smallest absolute Gasteiger partial charge is 0.270 e. The van der Waals surface area contributed by atoms with E-state index >= 15 is 0 Å². The van der Waals surface area contributed by atoms with Gasteiger partial charge < -0.3 is 14.7 Å². The number of benzene rings is 1. The standard InChI is InChI=1S/C18H15N5O2S2/c1-10-7-8-26-15(10)18-23-22-17(25-18)14-16(19)20-9-12(21-14)11-5-3-4-6-13(11)27(2)24/h3-9H,1-2H3,(H2,19,20). The normalized spacial score (nSPS) is 12.3. The van der Waals surface area contributed by atoms with Gasteiger partial charge in [0.1, 0.15) is 6.26 Å². The summed E-state index contributed by atoms with van der Waals surface area (Å²) in [5, 5.41) is 10.2. The molecule has 0 saturated carbocycles. The number of anilines is 1. The van der Waals surface area contributed by atoms with E-state index in [1.165, 1.54) is 11.3 Å². The maximum Gasteiger partial charge on any atom is 0.270 e. The Hall–Kier alpha value is -2.75. The lowest BCUT2D eigenvalue weighted by Crippen LogP contribution is -2.03. The molecule has 3 aromatic heterocycles. The Bertz CT molecular complexity index is 1110. The van der Waals surface area contributed by atoms with E-state index in [1.54, 1.807) is 18.5 Å². The van der Waals surface area contributed by atoms with Crippen LogP contribution in [0.1, 0.15) is 5.56 Å². The molecule has 0 aliphatic heterocycles. The van der Waals surface area contributed by atoms with Gasteiger partial charge in [0.05, 0.1) is 22.3 Å². The van der Waals surface area contributed by atoms with Gasteiger partial charge in [-0.1, -0.05) is 12.1 Å². The van der Waals surface area contributed by atoms with Crippen LogP contribution in [0.4, 0.5) is 5.82 Å². The van der Waals surface area contributed by atoms with Crippen LogP contribution >= 0.6 is 11.3 Å². The van der Waals surface area contributed by atoms with Crippen molar-refractivity contribution < 1.29 is 8.97 Å². The highest BCUT2D eigenvalue weighted by Gasteiger charge is 2.20. The van der Waals surface area contributed by atoms with Crippen LogP contribution in [0.3, 0.4) is 0 Å². The SMILES string of the molecule is Cc1ccsc1-c1nnc(-c2nc(-c3ccccc3[S+](C)[O-])cnc2N)o1. The number of nitrogens with two attached hydrogens (primary N) is 1. The van der Waals surface area contributed by atoms with Gasteiger partial charge in [0.15, 0.2) is 16.4 Å². The summed E-state index contributed by atoms with van der Waals surface area (Å²) in [7, 11) is 0. The first-order valence-corrected chi connectivity index (χ1v) is 10.4. The average molecular weight is 397 g/mol. The maximum atomic E-state index is 12.0. The number of hydrogen-bond donors (Lipinski definition) is 1. The first-order chi connectivity index (χ1) is 13.0. The molecule has 0 bridgehead atoms. The van der Waals surface area contributed by atoms with E-state index in [-0.39, 0.29) is 11.7 Å². The van der Waals surface area contributed by atoms with E-state index in [0.29, 0.717) is 22.2 Å². The molecular weight excluding hydrogens is 382 g/mol. The lowest BCUT2D eigenvalue weighted by Gasteiger charge is -2.10. The zero-order valence-electron chi connectivity index (χ0n) is 14.5. The van der Waals surface area contributed by atoms with Crippen LogP contribution in [0, 0.1) is 6.92 Å². The Morgan fingerprint density at radius 1 is 1.15 bits per heavy atom. The van der Waals surface area contributed by atoms with Gasteiger partial charge in [-0.05, 0) is 47.2 Å². The van der Waals surface area contributed by atoms with Crippen molar-refractivity contribution in [2.24, 2.45) is 0 Å². The number of aromatic nitrogens is 4. The predicted molar refractivity (Wildman–Crippen MR) is 106 cm³/mol. The van der Waals surface area contributed by atoms with Gasteiger partial charge in [0.2, 0.25) is 0 Å². The van der Waals surface area contributed by atoms with E-state index in [2.05, 4.69) is 20.2 Å². The molecule has 2 N–H and O–H groups in total. The summed E-state index contributed by atoms with van der Waals surface area (Å²) in [6, 6.07) is 9.32. The predicted octanol–water partition coefficient (Wildman–Crippen LogP) is 3.55. The fourth-order valence-corrected chi connectivity index (χ4v) is 4.22. The van der Waals surface area contributed by atoms with E-state index in [4.69, 9.17) is 10.2 Å².